The number of amides is 2. The predicted molar refractivity (Wildman–Crippen MR) is 114 cm³/mol. The van der Waals surface area contributed by atoms with E-state index in [2.05, 4.69) is 4.90 Å². The molecule has 4 rings (SSSR count). The summed E-state index contributed by atoms with van der Waals surface area (Å²) in [7, 11) is 1.66. The number of benzene rings is 1. The Hall–Kier alpha value is -2.08. The van der Waals surface area contributed by atoms with Gasteiger partial charge in [-0.3, -0.25) is 9.59 Å². The van der Waals surface area contributed by atoms with Crippen LogP contribution in [0.4, 0.5) is 0 Å². The quantitative estimate of drug-likeness (QED) is 0.688. The number of rotatable bonds is 7. The normalized spacial score (nSPS) is 22.8. The number of nitrogens with zero attached hydrogens (tertiary/aromatic N) is 2. The molecule has 2 amide bonds. The summed E-state index contributed by atoms with van der Waals surface area (Å²) in [6.45, 7) is 4.42. The summed E-state index contributed by atoms with van der Waals surface area (Å²) in [4.78, 5) is 29.5. The molecule has 2 heterocycles. The third-order valence-corrected chi connectivity index (χ3v) is 7.37. The summed E-state index contributed by atoms with van der Waals surface area (Å²) >= 11 is 0. The van der Waals surface area contributed by atoms with E-state index in [1.165, 1.54) is 19.3 Å². The van der Waals surface area contributed by atoms with Gasteiger partial charge in [0.25, 0.3) is 0 Å². The molecule has 1 aromatic carbocycles. The summed E-state index contributed by atoms with van der Waals surface area (Å²) in [5.41, 5.74) is 1.43. The number of ether oxygens (including phenoxy) is 2. The molecule has 0 aromatic heterocycles. The van der Waals surface area contributed by atoms with Gasteiger partial charge in [0.15, 0.2) is 0 Å². The van der Waals surface area contributed by atoms with Crippen molar-refractivity contribution in [2.75, 3.05) is 46.5 Å². The molecule has 1 aromatic rings. The highest BCUT2D eigenvalue weighted by Gasteiger charge is 2.50. The Morgan fingerprint density at radius 3 is 2.40 bits per heavy atom. The minimum atomic E-state index is 0.247. The smallest absolute Gasteiger partial charge is 0.222 e. The largest absolute Gasteiger partial charge is 0.497 e. The van der Waals surface area contributed by atoms with Crippen molar-refractivity contribution in [1.29, 1.82) is 0 Å². The topological polar surface area (TPSA) is 59.1 Å². The van der Waals surface area contributed by atoms with E-state index in [1.54, 1.807) is 7.11 Å². The maximum absolute atomic E-state index is 12.9. The molecule has 3 aliphatic rings. The predicted octanol–water partition coefficient (Wildman–Crippen LogP) is 2.90. The standard InChI is InChI=1S/C24H34N2O4/c1-29-21-7-3-19(4-8-21)5-9-23(28)26-17-20(24(18-26)11-2-12-24)6-10-22(27)25-13-15-30-16-14-25/h3-4,7-8,20H,2,5-6,9-18H2,1H3. The number of carbonyl (C=O) groups excluding carboxylic acids is 2. The number of methoxy groups -OCH3 is 1. The van der Waals surface area contributed by atoms with Crippen LogP contribution in [0.1, 0.15) is 44.1 Å². The highest BCUT2D eigenvalue weighted by atomic mass is 16.5. The first-order valence-electron chi connectivity index (χ1n) is 11.4. The average molecular weight is 415 g/mol. The van der Waals surface area contributed by atoms with Gasteiger partial charge in [-0.25, -0.2) is 0 Å². The Morgan fingerprint density at radius 2 is 1.77 bits per heavy atom. The van der Waals surface area contributed by atoms with Crippen LogP contribution in [0.25, 0.3) is 0 Å². The molecule has 0 N–H and O–H groups in total. The Kier molecular flexibility index (Phi) is 6.61. The van der Waals surface area contributed by atoms with Gasteiger partial charge < -0.3 is 19.3 Å². The number of likely N-dealkylation sites (tertiary alicyclic amines) is 1. The monoisotopic (exact) mass is 414 g/mol. The third-order valence-electron chi connectivity index (χ3n) is 7.37. The second-order valence-corrected chi connectivity index (χ2v) is 9.07. The molecule has 1 saturated carbocycles. The molecule has 6 heteroatoms. The van der Waals surface area contributed by atoms with Crippen molar-refractivity contribution in [2.24, 2.45) is 11.3 Å². The summed E-state index contributed by atoms with van der Waals surface area (Å²) < 4.78 is 10.5. The fourth-order valence-corrected chi connectivity index (χ4v) is 5.29. The van der Waals surface area contributed by atoms with Crippen LogP contribution in [0.2, 0.25) is 0 Å². The number of hydrogen-bond acceptors (Lipinski definition) is 4. The van der Waals surface area contributed by atoms with E-state index >= 15 is 0 Å². The zero-order valence-electron chi connectivity index (χ0n) is 18.1. The average Bonchev–Trinajstić information content (AvgIpc) is 3.17. The van der Waals surface area contributed by atoms with E-state index in [1.807, 2.05) is 29.2 Å². The van der Waals surface area contributed by atoms with Crippen LogP contribution in [0.15, 0.2) is 24.3 Å². The number of morpholine rings is 1. The molecule has 3 fully saturated rings. The van der Waals surface area contributed by atoms with Crippen molar-refractivity contribution < 1.29 is 19.1 Å². The van der Waals surface area contributed by atoms with E-state index < -0.39 is 0 Å². The zero-order chi connectivity index (χ0) is 21.0. The minimum Gasteiger partial charge on any atom is -0.497 e. The highest BCUT2D eigenvalue weighted by Crippen LogP contribution is 2.53. The van der Waals surface area contributed by atoms with Crippen LogP contribution in [-0.2, 0) is 20.7 Å². The molecule has 6 nitrogen and oxygen atoms in total. The van der Waals surface area contributed by atoms with Crippen molar-refractivity contribution in [2.45, 2.75) is 44.9 Å². The molecular weight excluding hydrogens is 380 g/mol. The second kappa shape index (κ2) is 9.38. The molecule has 1 aliphatic carbocycles. The Morgan fingerprint density at radius 1 is 1.07 bits per heavy atom. The van der Waals surface area contributed by atoms with E-state index in [4.69, 9.17) is 9.47 Å². The summed E-state index contributed by atoms with van der Waals surface area (Å²) in [6.07, 6.45) is 6.45. The highest BCUT2D eigenvalue weighted by molar-refractivity contribution is 5.77. The third kappa shape index (κ3) is 4.64. The van der Waals surface area contributed by atoms with E-state index in [-0.39, 0.29) is 17.2 Å². The van der Waals surface area contributed by atoms with Crippen LogP contribution < -0.4 is 4.74 Å². The van der Waals surface area contributed by atoms with Gasteiger partial charge in [0.05, 0.1) is 20.3 Å². The lowest BCUT2D eigenvalue weighted by molar-refractivity contribution is -0.135. The molecule has 164 valence electrons. The fraction of sp³-hybridized carbons (Fsp3) is 0.667. The first-order valence-corrected chi connectivity index (χ1v) is 11.4. The fourth-order valence-electron chi connectivity index (χ4n) is 5.29. The molecule has 2 saturated heterocycles. The van der Waals surface area contributed by atoms with Crippen LogP contribution in [0, 0.1) is 11.3 Å². The number of aryl methyl sites for hydroxylation is 1. The van der Waals surface area contributed by atoms with Gasteiger partial charge in [0, 0.05) is 39.0 Å². The Labute approximate surface area is 179 Å². The van der Waals surface area contributed by atoms with E-state index in [0.717, 1.165) is 37.2 Å². The van der Waals surface area contributed by atoms with Gasteiger partial charge in [-0.2, -0.15) is 0 Å². The van der Waals surface area contributed by atoms with Crippen LogP contribution >= 0.6 is 0 Å². The van der Waals surface area contributed by atoms with Crippen molar-refractivity contribution in [1.82, 2.24) is 9.80 Å². The van der Waals surface area contributed by atoms with Crippen molar-refractivity contribution >= 4 is 11.8 Å². The van der Waals surface area contributed by atoms with Crippen LogP contribution in [0.5, 0.6) is 5.75 Å². The van der Waals surface area contributed by atoms with Crippen molar-refractivity contribution in [3.63, 3.8) is 0 Å². The summed E-state index contributed by atoms with van der Waals surface area (Å²) in [6, 6.07) is 7.95. The van der Waals surface area contributed by atoms with E-state index in [0.29, 0.717) is 45.1 Å². The molecule has 0 bridgehead atoms. The molecule has 2 aliphatic heterocycles. The van der Waals surface area contributed by atoms with Crippen molar-refractivity contribution in [3.8, 4) is 5.75 Å². The first kappa shape index (κ1) is 21.2. The minimum absolute atomic E-state index is 0.247. The van der Waals surface area contributed by atoms with E-state index in [9.17, 15) is 9.59 Å². The van der Waals surface area contributed by atoms with Crippen LogP contribution in [0.3, 0.4) is 0 Å². The molecule has 1 atom stereocenters. The lowest BCUT2D eigenvalue weighted by atomic mass is 9.62. The second-order valence-electron chi connectivity index (χ2n) is 9.07. The summed E-state index contributed by atoms with van der Waals surface area (Å²) in [5, 5.41) is 0. The first-order chi connectivity index (χ1) is 14.6. The van der Waals surface area contributed by atoms with Crippen molar-refractivity contribution in [3.05, 3.63) is 29.8 Å². The SMILES string of the molecule is COc1ccc(CCC(=O)N2CC(CCC(=O)N3CCOCC3)C3(CCC3)C2)cc1. The summed E-state index contributed by atoms with van der Waals surface area (Å²) in [5.74, 6) is 1.79. The molecule has 0 radical (unpaired) electrons. The number of hydrogen-bond donors (Lipinski definition) is 0. The van der Waals surface area contributed by atoms with Gasteiger partial charge in [-0.15, -0.1) is 0 Å². The molecule has 1 spiro atoms. The van der Waals surface area contributed by atoms with Gasteiger partial charge in [0.2, 0.25) is 11.8 Å². The molecule has 30 heavy (non-hydrogen) atoms. The molecular formula is C24H34N2O4. The van der Waals surface area contributed by atoms with Gasteiger partial charge in [0.1, 0.15) is 5.75 Å². The maximum atomic E-state index is 12.9. The maximum Gasteiger partial charge on any atom is 0.222 e. The lowest BCUT2D eigenvalue weighted by Gasteiger charge is -2.43. The van der Waals surface area contributed by atoms with Gasteiger partial charge >= 0.3 is 0 Å². The Bertz CT molecular complexity index is 738. The molecule has 1 unspecified atom stereocenters. The number of carbonyl (C=O) groups is 2. The van der Waals surface area contributed by atoms with Gasteiger partial charge in [-0.05, 0) is 54.7 Å². The Balaban J connectivity index is 1.28. The van der Waals surface area contributed by atoms with Crippen LogP contribution in [-0.4, -0.2) is 68.1 Å². The van der Waals surface area contributed by atoms with Gasteiger partial charge in [-0.1, -0.05) is 18.6 Å². The lowest BCUT2D eigenvalue weighted by Crippen LogP contribution is -2.42. The zero-order valence-corrected chi connectivity index (χ0v) is 18.1.